The summed E-state index contributed by atoms with van der Waals surface area (Å²) in [5.41, 5.74) is 0.995. The lowest BCUT2D eigenvalue weighted by Crippen LogP contribution is -2.57. The van der Waals surface area contributed by atoms with Gasteiger partial charge in [-0.05, 0) is 13.0 Å². The van der Waals surface area contributed by atoms with Gasteiger partial charge in [0, 0.05) is 24.7 Å². The van der Waals surface area contributed by atoms with Crippen LogP contribution in [0.1, 0.15) is 19.2 Å². The molecule has 2 aromatic rings. The number of hydrogen-bond acceptors (Lipinski definition) is 5. The number of nitrogens with zero attached hydrogens (tertiary/aromatic N) is 3. The van der Waals surface area contributed by atoms with E-state index in [0.717, 1.165) is 38.2 Å². The quantitative estimate of drug-likeness (QED) is 0.870. The Morgan fingerprint density at radius 3 is 2.75 bits per heavy atom. The van der Waals surface area contributed by atoms with Crippen LogP contribution in [0.2, 0.25) is 0 Å². The molecule has 1 aliphatic heterocycles. The Balaban J connectivity index is 1.69. The third kappa shape index (κ3) is 2.89. The summed E-state index contributed by atoms with van der Waals surface area (Å²) in [7, 11) is 0. The SMILES string of the molecule is CCCN(Cc1nc(-c2ccccc2)no1)C1CNC1. The van der Waals surface area contributed by atoms with E-state index < -0.39 is 0 Å². The maximum absolute atomic E-state index is 5.39. The van der Waals surface area contributed by atoms with Gasteiger partial charge in [0.2, 0.25) is 11.7 Å². The highest BCUT2D eigenvalue weighted by molar-refractivity contribution is 5.53. The lowest BCUT2D eigenvalue weighted by Gasteiger charge is -2.37. The van der Waals surface area contributed by atoms with Crippen molar-refractivity contribution >= 4 is 0 Å². The Labute approximate surface area is 119 Å². The van der Waals surface area contributed by atoms with E-state index in [4.69, 9.17) is 4.52 Å². The molecule has 1 fully saturated rings. The van der Waals surface area contributed by atoms with Crippen molar-refractivity contribution < 1.29 is 4.52 Å². The Kier molecular flexibility index (Phi) is 4.08. The van der Waals surface area contributed by atoms with Crippen molar-refractivity contribution in [3.63, 3.8) is 0 Å². The van der Waals surface area contributed by atoms with Crippen molar-refractivity contribution in [2.45, 2.75) is 25.9 Å². The zero-order valence-electron chi connectivity index (χ0n) is 11.7. The fraction of sp³-hybridized carbons (Fsp3) is 0.467. The largest absolute Gasteiger partial charge is 0.338 e. The van der Waals surface area contributed by atoms with Crippen molar-refractivity contribution in [1.29, 1.82) is 0 Å². The summed E-state index contributed by atoms with van der Waals surface area (Å²) in [4.78, 5) is 6.92. The Hall–Kier alpha value is -1.72. The number of aromatic nitrogens is 2. The van der Waals surface area contributed by atoms with Crippen LogP contribution in [0.3, 0.4) is 0 Å². The van der Waals surface area contributed by atoms with E-state index in [2.05, 4.69) is 27.3 Å². The van der Waals surface area contributed by atoms with Gasteiger partial charge >= 0.3 is 0 Å². The molecule has 0 bridgehead atoms. The molecule has 0 amide bonds. The molecule has 2 heterocycles. The molecular formula is C15H20N4O. The molecule has 3 rings (SSSR count). The molecule has 1 aliphatic rings. The summed E-state index contributed by atoms with van der Waals surface area (Å²) < 4.78 is 5.39. The summed E-state index contributed by atoms with van der Waals surface area (Å²) in [6.07, 6.45) is 1.14. The van der Waals surface area contributed by atoms with E-state index >= 15 is 0 Å². The molecule has 1 saturated heterocycles. The molecule has 0 aliphatic carbocycles. The van der Waals surface area contributed by atoms with Crippen LogP contribution in [0, 0.1) is 0 Å². The number of nitrogens with one attached hydrogen (secondary N) is 1. The molecule has 1 aromatic heterocycles. The van der Waals surface area contributed by atoms with Gasteiger partial charge in [-0.2, -0.15) is 4.98 Å². The highest BCUT2D eigenvalue weighted by Crippen LogP contribution is 2.17. The highest BCUT2D eigenvalue weighted by atomic mass is 16.5. The predicted molar refractivity (Wildman–Crippen MR) is 77.1 cm³/mol. The van der Waals surface area contributed by atoms with E-state index in [1.165, 1.54) is 0 Å². The van der Waals surface area contributed by atoms with E-state index in [1.54, 1.807) is 0 Å². The monoisotopic (exact) mass is 272 g/mol. The van der Waals surface area contributed by atoms with Crippen molar-refractivity contribution in [3.05, 3.63) is 36.2 Å². The van der Waals surface area contributed by atoms with Gasteiger partial charge in [0.1, 0.15) is 0 Å². The van der Waals surface area contributed by atoms with Gasteiger partial charge in [-0.15, -0.1) is 0 Å². The van der Waals surface area contributed by atoms with Gasteiger partial charge in [-0.1, -0.05) is 42.4 Å². The second-order valence-electron chi connectivity index (χ2n) is 5.16. The molecule has 106 valence electrons. The van der Waals surface area contributed by atoms with Crippen LogP contribution in [0.15, 0.2) is 34.9 Å². The summed E-state index contributed by atoms with van der Waals surface area (Å²) in [6.45, 7) is 6.11. The first-order chi connectivity index (χ1) is 9.86. The number of hydrogen-bond donors (Lipinski definition) is 1. The normalized spacial score (nSPS) is 15.5. The maximum Gasteiger partial charge on any atom is 0.241 e. The molecule has 0 atom stereocenters. The smallest absolute Gasteiger partial charge is 0.241 e. The molecule has 0 unspecified atom stereocenters. The van der Waals surface area contributed by atoms with E-state index in [0.29, 0.717) is 17.8 Å². The third-order valence-corrected chi connectivity index (χ3v) is 3.63. The minimum atomic E-state index is 0.599. The summed E-state index contributed by atoms with van der Waals surface area (Å²) in [5.74, 6) is 1.37. The molecule has 0 spiro atoms. The molecule has 0 saturated carbocycles. The first-order valence-corrected chi connectivity index (χ1v) is 7.19. The summed E-state index contributed by atoms with van der Waals surface area (Å²) in [6, 6.07) is 10.5. The molecule has 1 aromatic carbocycles. The average Bonchev–Trinajstić information content (AvgIpc) is 2.87. The average molecular weight is 272 g/mol. The lowest BCUT2D eigenvalue weighted by molar-refractivity contribution is 0.122. The molecule has 0 radical (unpaired) electrons. The maximum atomic E-state index is 5.39. The van der Waals surface area contributed by atoms with Crippen molar-refractivity contribution in [2.75, 3.05) is 19.6 Å². The Bertz CT molecular complexity index is 536. The lowest BCUT2D eigenvalue weighted by atomic mass is 10.1. The van der Waals surface area contributed by atoms with Gasteiger partial charge in [-0.25, -0.2) is 0 Å². The van der Waals surface area contributed by atoms with Crippen molar-refractivity contribution in [1.82, 2.24) is 20.4 Å². The van der Waals surface area contributed by atoms with Crippen LogP contribution < -0.4 is 5.32 Å². The van der Waals surface area contributed by atoms with E-state index in [1.807, 2.05) is 30.3 Å². The number of benzene rings is 1. The standard InChI is InChI=1S/C15H20N4O/c1-2-8-19(13-9-16-10-13)11-14-17-15(18-20-14)12-6-4-3-5-7-12/h3-7,13,16H,2,8-11H2,1H3. The van der Waals surface area contributed by atoms with Crippen LogP contribution in [0.5, 0.6) is 0 Å². The molecule has 20 heavy (non-hydrogen) atoms. The van der Waals surface area contributed by atoms with Gasteiger partial charge in [0.25, 0.3) is 0 Å². The summed E-state index contributed by atoms with van der Waals surface area (Å²) in [5, 5.41) is 7.38. The minimum absolute atomic E-state index is 0.599. The topological polar surface area (TPSA) is 54.2 Å². The molecule has 5 nitrogen and oxygen atoms in total. The minimum Gasteiger partial charge on any atom is -0.338 e. The van der Waals surface area contributed by atoms with Crippen molar-refractivity contribution in [2.24, 2.45) is 0 Å². The second-order valence-corrected chi connectivity index (χ2v) is 5.16. The molecular weight excluding hydrogens is 252 g/mol. The fourth-order valence-corrected chi connectivity index (χ4v) is 2.41. The zero-order chi connectivity index (χ0) is 13.8. The molecule has 1 N–H and O–H groups in total. The van der Waals surface area contributed by atoms with Gasteiger partial charge in [0.15, 0.2) is 0 Å². The van der Waals surface area contributed by atoms with E-state index in [-0.39, 0.29) is 0 Å². The first kappa shape index (κ1) is 13.3. The predicted octanol–water partition coefficient (Wildman–Crippen LogP) is 1.92. The Morgan fingerprint density at radius 2 is 2.10 bits per heavy atom. The van der Waals surface area contributed by atoms with Crippen LogP contribution in [-0.2, 0) is 6.54 Å². The van der Waals surface area contributed by atoms with Crippen LogP contribution >= 0.6 is 0 Å². The van der Waals surface area contributed by atoms with Crippen LogP contribution in [-0.4, -0.2) is 40.7 Å². The number of rotatable bonds is 6. The third-order valence-electron chi connectivity index (χ3n) is 3.63. The zero-order valence-corrected chi connectivity index (χ0v) is 11.7. The van der Waals surface area contributed by atoms with E-state index in [9.17, 15) is 0 Å². The Morgan fingerprint density at radius 1 is 1.30 bits per heavy atom. The van der Waals surface area contributed by atoms with Gasteiger partial charge in [-0.3, -0.25) is 4.90 Å². The van der Waals surface area contributed by atoms with Gasteiger partial charge < -0.3 is 9.84 Å². The molecule has 5 heteroatoms. The van der Waals surface area contributed by atoms with Crippen LogP contribution in [0.25, 0.3) is 11.4 Å². The summed E-state index contributed by atoms with van der Waals surface area (Å²) >= 11 is 0. The highest BCUT2D eigenvalue weighted by Gasteiger charge is 2.25. The first-order valence-electron chi connectivity index (χ1n) is 7.19. The van der Waals surface area contributed by atoms with Crippen molar-refractivity contribution in [3.8, 4) is 11.4 Å². The van der Waals surface area contributed by atoms with Crippen LogP contribution in [0.4, 0.5) is 0 Å². The second kappa shape index (κ2) is 6.15. The van der Waals surface area contributed by atoms with Gasteiger partial charge in [0.05, 0.1) is 6.54 Å². The fourth-order valence-electron chi connectivity index (χ4n) is 2.41.